The molecule has 0 saturated heterocycles. The molecule has 1 unspecified atom stereocenters. The Balaban J connectivity index is 2.19. The summed E-state index contributed by atoms with van der Waals surface area (Å²) in [5.74, 6) is 0. The predicted molar refractivity (Wildman–Crippen MR) is 84.6 cm³/mol. The van der Waals surface area contributed by atoms with E-state index in [0.29, 0.717) is 0 Å². The molecule has 0 bridgehead atoms. The minimum absolute atomic E-state index is 0.214. The summed E-state index contributed by atoms with van der Waals surface area (Å²) in [6, 6.07) is 10.7. The van der Waals surface area contributed by atoms with Crippen LogP contribution in [-0.4, -0.2) is 11.5 Å². The van der Waals surface area contributed by atoms with E-state index in [1.807, 2.05) is 12.3 Å². The first-order chi connectivity index (χ1) is 9.70. The molecule has 0 radical (unpaired) electrons. The summed E-state index contributed by atoms with van der Waals surface area (Å²) >= 11 is 0. The monoisotopic (exact) mass is 269 g/mol. The Hall–Kier alpha value is -1.87. The van der Waals surface area contributed by atoms with Gasteiger partial charge in [-0.2, -0.15) is 0 Å². The van der Waals surface area contributed by atoms with Crippen LogP contribution in [0.3, 0.4) is 0 Å². The van der Waals surface area contributed by atoms with E-state index in [9.17, 15) is 0 Å². The fourth-order valence-electron chi connectivity index (χ4n) is 2.28. The maximum absolute atomic E-state index is 6.09. The van der Waals surface area contributed by atoms with E-state index in [1.165, 1.54) is 11.1 Å². The first kappa shape index (κ1) is 14.5. The molecule has 106 valence electrons. The van der Waals surface area contributed by atoms with Crippen molar-refractivity contribution in [1.29, 1.82) is 0 Å². The largest absolute Gasteiger partial charge is 0.398 e. The fraction of sp³-hybridized carbons (Fsp3) is 0.353. The number of nitrogens with one attached hydrogen (secondary N) is 1. The molecule has 0 fully saturated rings. The van der Waals surface area contributed by atoms with E-state index in [2.05, 4.69) is 48.4 Å². The van der Waals surface area contributed by atoms with Crippen LogP contribution in [-0.2, 0) is 6.42 Å². The van der Waals surface area contributed by atoms with E-state index >= 15 is 0 Å². The van der Waals surface area contributed by atoms with Crippen molar-refractivity contribution < 1.29 is 0 Å². The molecule has 0 aliphatic rings. The van der Waals surface area contributed by atoms with Gasteiger partial charge in [-0.25, -0.2) is 0 Å². The number of hydrogen-bond acceptors (Lipinski definition) is 3. The van der Waals surface area contributed by atoms with Crippen LogP contribution in [0, 0.1) is 6.92 Å². The lowest BCUT2D eigenvalue weighted by molar-refractivity contribution is 0.529. The van der Waals surface area contributed by atoms with Crippen molar-refractivity contribution in [2.24, 2.45) is 0 Å². The maximum atomic E-state index is 6.09. The Morgan fingerprint density at radius 1 is 1.20 bits per heavy atom. The van der Waals surface area contributed by atoms with Gasteiger partial charge in [0.15, 0.2) is 0 Å². The molecule has 2 aromatic rings. The number of rotatable bonds is 6. The summed E-state index contributed by atoms with van der Waals surface area (Å²) in [4.78, 5) is 4.21. The van der Waals surface area contributed by atoms with Gasteiger partial charge in [-0.1, -0.05) is 36.8 Å². The minimum atomic E-state index is 0.214. The van der Waals surface area contributed by atoms with Gasteiger partial charge in [0.05, 0.1) is 0 Å². The lowest BCUT2D eigenvalue weighted by atomic mass is 9.98. The molecular formula is C17H23N3. The first-order valence-electron chi connectivity index (χ1n) is 7.19. The van der Waals surface area contributed by atoms with Crippen LogP contribution in [0.15, 0.2) is 42.7 Å². The molecule has 1 heterocycles. The molecule has 3 N–H and O–H groups in total. The molecule has 0 saturated carbocycles. The van der Waals surface area contributed by atoms with Gasteiger partial charge in [0, 0.05) is 29.7 Å². The zero-order chi connectivity index (χ0) is 14.4. The Bertz CT molecular complexity index is 534. The number of aromatic nitrogens is 1. The normalized spacial score (nSPS) is 12.3. The van der Waals surface area contributed by atoms with Crippen LogP contribution in [0.5, 0.6) is 0 Å². The number of nitrogens with two attached hydrogens (primary N) is 1. The summed E-state index contributed by atoms with van der Waals surface area (Å²) in [6.45, 7) is 5.25. The highest BCUT2D eigenvalue weighted by atomic mass is 14.9. The second-order valence-electron chi connectivity index (χ2n) is 5.20. The molecule has 1 atom stereocenters. The average molecular weight is 269 g/mol. The van der Waals surface area contributed by atoms with Crippen molar-refractivity contribution >= 4 is 5.69 Å². The van der Waals surface area contributed by atoms with Gasteiger partial charge in [-0.15, -0.1) is 0 Å². The maximum Gasteiger partial charge on any atom is 0.0396 e. The van der Waals surface area contributed by atoms with E-state index in [4.69, 9.17) is 5.73 Å². The quantitative estimate of drug-likeness (QED) is 0.846. The van der Waals surface area contributed by atoms with Gasteiger partial charge in [0.1, 0.15) is 0 Å². The lowest BCUT2D eigenvalue weighted by Gasteiger charge is -2.20. The van der Waals surface area contributed by atoms with Crippen molar-refractivity contribution in [2.75, 3.05) is 12.3 Å². The van der Waals surface area contributed by atoms with Crippen molar-refractivity contribution in [2.45, 2.75) is 32.7 Å². The van der Waals surface area contributed by atoms with Crippen molar-refractivity contribution in [3.05, 3.63) is 59.4 Å². The highest BCUT2D eigenvalue weighted by Crippen LogP contribution is 2.23. The Morgan fingerprint density at radius 3 is 2.60 bits per heavy atom. The van der Waals surface area contributed by atoms with Gasteiger partial charge in [0.2, 0.25) is 0 Å². The molecule has 1 aromatic carbocycles. The van der Waals surface area contributed by atoms with Crippen molar-refractivity contribution in [3.63, 3.8) is 0 Å². The van der Waals surface area contributed by atoms with Gasteiger partial charge in [-0.05, 0) is 37.9 Å². The lowest BCUT2D eigenvalue weighted by Crippen LogP contribution is -2.25. The van der Waals surface area contributed by atoms with Crippen molar-refractivity contribution in [1.82, 2.24) is 10.3 Å². The third kappa shape index (κ3) is 3.81. The SMILES string of the molecule is CCCNC(Cc1ccc(C)cc1)c1cnccc1N. The van der Waals surface area contributed by atoms with Gasteiger partial charge < -0.3 is 11.1 Å². The van der Waals surface area contributed by atoms with Crippen LogP contribution >= 0.6 is 0 Å². The number of benzene rings is 1. The number of pyridine rings is 1. The number of nitrogen functional groups attached to an aromatic ring is 1. The number of anilines is 1. The zero-order valence-corrected chi connectivity index (χ0v) is 12.3. The van der Waals surface area contributed by atoms with Crippen LogP contribution in [0.1, 0.15) is 36.1 Å². The Labute approximate surface area is 121 Å². The van der Waals surface area contributed by atoms with E-state index in [1.54, 1.807) is 6.20 Å². The van der Waals surface area contributed by atoms with Gasteiger partial charge >= 0.3 is 0 Å². The molecule has 0 aliphatic heterocycles. The molecule has 0 aliphatic carbocycles. The van der Waals surface area contributed by atoms with Crippen LogP contribution in [0.25, 0.3) is 0 Å². The second kappa shape index (κ2) is 7.06. The molecule has 0 spiro atoms. The third-order valence-electron chi connectivity index (χ3n) is 3.46. The molecule has 1 aromatic heterocycles. The average Bonchev–Trinajstić information content (AvgIpc) is 2.46. The predicted octanol–water partition coefficient (Wildman–Crippen LogP) is 3.26. The zero-order valence-electron chi connectivity index (χ0n) is 12.3. The minimum Gasteiger partial charge on any atom is -0.398 e. The van der Waals surface area contributed by atoms with Crippen LogP contribution < -0.4 is 11.1 Å². The van der Waals surface area contributed by atoms with E-state index in [0.717, 1.165) is 30.6 Å². The molecule has 2 rings (SSSR count). The highest BCUT2D eigenvalue weighted by Gasteiger charge is 2.14. The summed E-state index contributed by atoms with van der Waals surface area (Å²) < 4.78 is 0. The smallest absolute Gasteiger partial charge is 0.0396 e. The summed E-state index contributed by atoms with van der Waals surface area (Å²) in [5.41, 5.74) is 10.6. The topological polar surface area (TPSA) is 50.9 Å². The summed E-state index contributed by atoms with van der Waals surface area (Å²) in [6.07, 6.45) is 5.64. The Kier molecular flexibility index (Phi) is 5.13. The number of nitrogens with zero attached hydrogens (tertiary/aromatic N) is 1. The summed E-state index contributed by atoms with van der Waals surface area (Å²) in [7, 11) is 0. The number of aryl methyl sites for hydroxylation is 1. The van der Waals surface area contributed by atoms with Crippen LogP contribution in [0.2, 0.25) is 0 Å². The Morgan fingerprint density at radius 2 is 1.95 bits per heavy atom. The molecule has 20 heavy (non-hydrogen) atoms. The standard InChI is InChI=1S/C17H23N3/c1-3-9-20-17(15-12-19-10-8-16(15)18)11-14-6-4-13(2)5-7-14/h4-8,10,12,17,20H,3,9,11H2,1-2H3,(H2,18,19). The summed E-state index contributed by atoms with van der Waals surface area (Å²) in [5, 5.41) is 3.57. The van der Waals surface area contributed by atoms with Gasteiger partial charge in [-0.3, -0.25) is 4.98 Å². The molecular weight excluding hydrogens is 246 g/mol. The van der Waals surface area contributed by atoms with Gasteiger partial charge in [0.25, 0.3) is 0 Å². The molecule has 3 heteroatoms. The second-order valence-corrected chi connectivity index (χ2v) is 5.20. The first-order valence-corrected chi connectivity index (χ1v) is 7.19. The molecule has 3 nitrogen and oxygen atoms in total. The van der Waals surface area contributed by atoms with E-state index in [-0.39, 0.29) is 6.04 Å². The van der Waals surface area contributed by atoms with Crippen LogP contribution in [0.4, 0.5) is 5.69 Å². The third-order valence-corrected chi connectivity index (χ3v) is 3.46. The highest BCUT2D eigenvalue weighted by molar-refractivity contribution is 5.46. The number of hydrogen-bond donors (Lipinski definition) is 2. The van der Waals surface area contributed by atoms with Crippen molar-refractivity contribution in [3.8, 4) is 0 Å². The fourth-order valence-corrected chi connectivity index (χ4v) is 2.28. The molecule has 0 amide bonds. The van der Waals surface area contributed by atoms with E-state index < -0.39 is 0 Å².